The molecule has 0 saturated carbocycles. The molecule has 0 spiro atoms. The van der Waals surface area contributed by atoms with Gasteiger partial charge in [0, 0.05) is 27.8 Å². The molecule has 2 heterocycles. The summed E-state index contributed by atoms with van der Waals surface area (Å²) in [5.74, 6) is -3.47. The number of halogens is 2. The van der Waals surface area contributed by atoms with Gasteiger partial charge in [-0.2, -0.15) is 0 Å². The SMILES string of the molecule is CCOC(=O)c1ccc(NC(=O)C2CC(=O)NC3NC(Nc4cc(Cl)cc(Cl)c4)NC(=O)C32)cc1. The monoisotopic (exact) mass is 519 g/mol. The van der Waals surface area contributed by atoms with Gasteiger partial charge in [0.15, 0.2) is 6.29 Å². The van der Waals surface area contributed by atoms with Crippen LogP contribution in [0.3, 0.4) is 0 Å². The summed E-state index contributed by atoms with van der Waals surface area (Å²) in [7, 11) is 0. The first-order chi connectivity index (χ1) is 16.7. The van der Waals surface area contributed by atoms with E-state index < -0.39 is 42.1 Å². The van der Waals surface area contributed by atoms with Crippen molar-refractivity contribution < 1.29 is 23.9 Å². The molecule has 12 heteroatoms. The highest BCUT2D eigenvalue weighted by Gasteiger charge is 2.48. The van der Waals surface area contributed by atoms with E-state index in [-0.39, 0.29) is 18.9 Å². The van der Waals surface area contributed by atoms with Crippen LogP contribution in [0.5, 0.6) is 0 Å². The fourth-order valence-corrected chi connectivity index (χ4v) is 4.62. The molecule has 2 fully saturated rings. The summed E-state index contributed by atoms with van der Waals surface area (Å²) in [6.45, 7) is 1.96. The van der Waals surface area contributed by atoms with Crippen molar-refractivity contribution in [1.82, 2.24) is 16.0 Å². The van der Waals surface area contributed by atoms with Crippen molar-refractivity contribution in [2.75, 3.05) is 17.2 Å². The molecule has 35 heavy (non-hydrogen) atoms. The van der Waals surface area contributed by atoms with E-state index in [0.717, 1.165) is 0 Å². The van der Waals surface area contributed by atoms with E-state index in [4.69, 9.17) is 27.9 Å². The fraction of sp³-hybridized carbons (Fsp3) is 0.304. The van der Waals surface area contributed by atoms with Gasteiger partial charge in [-0.1, -0.05) is 23.2 Å². The maximum atomic E-state index is 13.0. The number of nitrogens with one attached hydrogen (secondary N) is 5. The summed E-state index contributed by atoms with van der Waals surface area (Å²) in [6.07, 6.45) is -1.67. The number of carbonyl (C=O) groups is 4. The van der Waals surface area contributed by atoms with Crippen LogP contribution >= 0.6 is 23.2 Å². The topological polar surface area (TPSA) is 138 Å². The van der Waals surface area contributed by atoms with Gasteiger partial charge in [0.05, 0.1) is 30.2 Å². The Hall–Kier alpha value is -3.34. The van der Waals surface area contributed by atoms with Gasteiger partial charge >= 0.3 is 5.97 Å². The van der Waals surface area contributed by atoms with Crippen LogP contribution in [0, 0.1) is 11.8 Å². The summed E-state index contributed by atoms with van der Waals surface area (Å²) < 4.78 is 4.94. The molecule has 0 radical (unpaired) electrons. The van der Waals surface area contributed by atoms with Crippen LogP contribution in [0.2, 0.25) is 10.0 Å². The first kappa shape index (κ1) is 24.8. The Bertz CT molecular complexity index is 1140. The second-order valence-corrected chi connectivity index (χ2v) is 8.95. The molecule has 5 N–H and O–H groups in total. The number of benzene rings is 2. The van der Waals surface area contributed by atoms with E-state index in [2.05, 4.69) is 26.6 Å². The lowest BCUT2D eigenvalue weighted by Gasteiger charge is -2.43. The Morgan fingerprint density at radius 3 is 2.37 bits per heavy atom. The summed E-state index contributed by atoms with van der Waals surface area (Å²) in [5.41, 5.74) is 1.32. The third kappa shape index (κ3) is 5.84. The predicted octanol–water partition coefficient (Wildman–Crippen LogP) is 2.30. The molecular formula is C23H23Cl2N5O5. The molecule has 2 saturated heterocycles. The maximum absolute atomic E-state index is 13.0. The minimum absolute atomic E-state index is 0.148. The van der Waals surface area contributed by atoms with Crippen LogP contribution in [0.25, 0.3) is 0 Å². The largest absolute Gasteiger partial charge is 0.462 e. The normalized spacial score (nSPS) is 23.4. The highest BCUT2D eigenvalue weighted by Crippen LogP contribution is 2.29. The van der Waals surface area contributed by atoms with Crippen molar-refractivity contribution in [3.63, 3.8) is 0 Å². The number of anilines is 2. The minimum atomic E-state index is -0.910. The lowest BCUT2D eigenvalue weighted by molar-refractivity contribution is -0.144. The van der Waals surface area contributed by atoms with Gasteiger partial charge in [-0.25, -0.2) is 4.79 Å². The molecule has 3 amide bonds. The first-order valence-corrected chi connectivity index (χ1v) is 11.7. The van der Waals surface area contributed by atoms with E-state index in [0.29, 0.717) is 27.0 Å². The van der Waals surface area contributed by atoms with Crippen molar-refractivity contribution in [2.45, 2.75) is 25.8 Å². The van der Waals surface area contributed by atoms with E-state index in [9.17, 15) is 19.2 Å². The number of carbonyl (C=O) groups excluding carboxylic acids is 4. The molecule has 0 bridgehead atoms. The smallest absolute Gasteiger partial charge is 0.338 e. The zero-order chi connectivity index (χ0) is 25.1. The van der Waals surface area contributed by atoms with E-state index >= 15 is 0 Å². The lowest BCUT2D eigenvalue weighted by atomic mass is 9.81. The van der Waals surface area contributed by atoms with Gasteiger partial charge in [0.1, 0.15) is 0 Å². The van der Waals surface area contributed by atoms with Gasteiger partial charge in [-0.3, -0.25) is 19.7 Å². The molecule has 4 unspecified atom stereocenters. The summed E-state index contributed by atoms with van der Waals surface area (Å²) in [4.78, 5) is 50.2. The molecule has 2 aromatic carbocycles. The summed E-state index contributed by atoms with van der Waals surface area (Å²) in [5, 5.41) is 15.2. The Kier molecular flexibility index (Phi) is 7.44. The van der Waals surface area contributed by atoms with Crippen molar-refractivity contribution in [1.29, 1.82) is 0 Å². The third-order valence-corrected chi connectivity index (χ3v) is 6.06. The molecule has 4 atom stereocenters. The predicted molar refractivity (Wildman–Crippen MR) is 130 cm³/mol. The molecule has 0 aromatic heterocycles. The first-order valence-electron chi connectivity index (χ1n) is 10.9. The van der Waals surface area contributed by atoms with E-state index in [1.54, 1.807) is 37.3 Å². The van der Waals surface area contributed by atoms with Gasteiger partial charge in [0.25, 0.3) is 0 Å². The second kappa shape index (κ2) is 10.5. The Morgan fingerprint density at radius 1 is 1.03 bits per heavy atom. The number of esters is 1. The van der Waals surface area contributed by atoms with Crippen LogP contribution in [0.15, 0.2) is 42.5 Å². The zero-order valence-corrected chi connectivity index (χ0v) is 20.1. The van der Waals surface area contributed by atoms with Gasteiger partial charge < -0.3 is 26.0 Å². The van der Waals surface area contributed by atoms with Gasteiger partial charge in [-0.05, 0) is 49.4 Å². The van der Waals surface area contributed by atoms with E-state index in [1.807, 2.05) is 0 Å². The number of hydrogen-bond donors (Lipinski definition) is 5. The molecule has 184 valence electrons. The Morgan fingerprint density at radius 2 is 1.71 bits per heavy atom. The van der Waals surface area contributed by atoms with Crippen LogP contribution in [0.1, 0.15) is 23.7 Å². The van der Waals surface area contributed by atoms with Crippen molar-refractivity contribution >= 4 is 58.3 Å². The van der Waals surface area contributed by atoms with Crippen LogP contribution in [0.4, 0.5) is 11.4 Å². The highest BCUT2D eigenvalue weighted by atomic mass is 35.5. The molecule has 2 aliphatic rings. The number of piperidine rings is 1. The number of rotatable bonds is 6. The van der Waals surface area contributed by atoms with Gasteiger partial charge in [0.2, 0.25) is 17.7 Å². The standard InChI is InChI=1S/C23H23Cl2N5O5/c1-2-35-22(34)11-3-5-14(6-4-11)26-20(32)16-10-17(31)28-19-18(16)21(33)30-23(29-19)27-15-8-12(24)7-13(25)9-15/h3-9,16,18-19,23,27,29H,2,10H2,1H3,(H,26,32)(H,28,31)(H,30,33). The summed E-state index contributed by atoms with van der Waals surface area (Å²) >= 11 is 12.1. The number of hydrogen-bond acceptors (Lipinski definition) is 7. The van der Waals surface area contributed by atoms with Crippen molar-refractivity contribution in [3.05, 3.63) is 58.1 Å². The van der Waals surface area contributed by atoms with Crippen LogP contribution < -0.4 is 26.6 Å². The van der Waals surface area contributed by atoms with Crippen molar-refractivity contribution in [2.24, 2.45) is 11.8 Å². The quantitative estimate of drug-likeness (QED) is 0.369. The Labute approximate surface area is 211 Å². The van der Waals surface area contributed by atoms with Crippen LogP contribution in [-0.2, 0) is 19.1 Å². The number of ether oxygens (including phenoxy) is 1. The molecule has 0 aliphatic carbocycles. The second-order valence-electron chi connectivity index (χ2n) is 8.08. The number of fused-ring (bicyclic) bond motifs is 1. The fourth-order valence-electron chi connectivity index (χ4n) is 4.10. The highest BCUT2D eigenvalue weighted by molar-refractivity contribution is 6.35. The zero-order valence-electron chi connectivity index (χ0n) is 18.6. The summed E-state index contributed by atoms with van der Waals surface area (Å²) in [6, 6.07) is 11.0. The number of amides is 3. The lowest BCUT2D eigenvalue weighted by Crippen LogP contribution is -2.72. The third-order valence-electron chi connectivity index (χ3n) is 5.62. The molecular weight excluding hydrogens is 497 g/mol. The van der Waals surface area contributed by atoms with Crippen LogP contribution in [-0.4, -0.2) is 42.8 Å². The molecule has 4 rings (SSSR count). The Balaban J connectivity index is 1.44. The van der Waals surface area contributed by atoms with Gasteiger partial charge in [-0.15, -0.1) is 0 Å². The maximum Gasteiger partial charge on any atom is 0.338 e. The van der Waals surface area contributed by atoms with Crippen molar-refractivity contribution in [3.8, 4) is 0 Å². The minimum Gasteiger partial charge on any atom is -0.462 e. The average molecular weight is 520 g/mol. The molecule has 2 aliphatic heterocycles. The molecule has 10 nitrogen and oxygen atoms in total. The average Bonchev–Trinajstić information content (AvgIpc) is 2.78. The molecule has 2 aromatic rings. The van der Waals surface area contributed by atoms with E-state index in [1.165, 1.54) is 12.1 Å².